The fourth-order valence-corrected chi connectivity index (χ4v) is 3.73. The lowest BCUT2D eigenvalue weighted by Gasteiger charge is -2.16. The Morgan fingerprint density at radius 1 is 1.19 bits per heavy atom. The highest BCUT2D eigenvalue weighted by atomic mass is 16.3. The molecule has 2 amide bonds. The number of benzene rings is 1. The van der Waals surface area contributed by atoms with E-state index in [-0.39, 0.29) is 6.54 Å². The third-order valence-corrected chi connectivity index (χ3v) is 5.40. The molecule has 0 radical (unpaired) electrons. The minimum Gasteiger partial charge on any atom is -0.387 e. The zero-order chi connectivity index (χ0) is 19.2. The van der Waals surface area contributed by atoms with E-state index in [0.29, 0.717) is 6.54 Å². The highest BCUT2D eigenvalue weighted by Gasteiger charge is 2.19. The first kappa shape index (κ1) is 19.4. The van der Waals surface area contributed by atoms with Crippen LogP contribution in [0.2, 0.25) is 0 Å². The molecule has 0 aromatic heterocycles. The minimum atomic E-state index is -0.828. The molecule has 0 fully saturated rings. The molecule has 1 heterocycles. The predicted octanol–water partition coefficient (Wildman–Crippen LogP) is 1.84. The number of carbonyl (C=O) groups excluding carboxylic acids is 2. The summed E-state index contributed by atoms with van der Waals surface area (Å²) < 4.78 is 0. The maximum absolute atomic E-state index is 11.9. The van der Waals surface area contributed by atoms with Crippen molar-refractivity contribution < 1.29 is 14.7 Å². The van der Waals surface area contributed by atoms with Crippen LogP contribution in [0.3, 0.4) is 0 Å². The van der Waals surface area contributed by atoms with Crippen LogP contribution in [-0.4, -0.2) is 43.6 Å². The van der Waals surface area contributed by atoms with Crippen LogP contribution < -0.4 is 15.5 Å². The molecule has 27 heavy (non-hydrogen) atoms. The van der Waals surface area contributed by atoms with Gasteiger partial charge in [0.05, 0.1) is 6.10 Å². The molecule has 1 unspecified atom stereocenters. The number of rotatable bonds is 6. The van der Waals surface area contributed by atoms with Crippen LogP contribution in [0, 0.1) is 0 Å². The van der Waals surface area contributed by atoms with Gasteiger partial charge in [-0.3, -0.25) is 9.59 Å². The maximum atomic E-state index is 11.9. The summed E-state index contributed by atoms with van der Waals surface area (Å²) in [6.45, 7) is 1.47. The number of allylic oxidation sites excluding steroid dienone is 1. The first-order valence-corrected chi connectivity index (χ1v) is 9.80. The average molecular weight is 371 g/mol. The van der Waals surface area contributed by atoms with Gasteiger partial charge in [0.25, 0.3) is 0 Å². The standard InChI is InChI=1S/C21H29N3O3/c1-24-12-10-16-13-17(7-8-18(16)24)19(25)14-23-21(27)20(26)22-11-9-15-5-3-2-4-6-15/h5,7-8,13,19,25H,2-4,6,9-12,14H2,1H3,(H,22,26)(H,23,27). The fraction of sp³-hybridized carbons (Fsp3) is 0.524. The van der Waals surface area contributed by atoms with E-state index in [0.717, 1.165) is 37.8 Å². The molecule has 0 spiro atoms. The number of anilines is 1. The normalized spacial score (nSPS) is 17.1. The molecule has 3 N–H and O–H groups in total. The lowest BCUT2D eigenvalue weighted by molar-refractivity contribution is -0.139. The van der Waals surface area contributed by atoms with Gasteiger partial charge in [-0.25, -0.2) is 0 Å². The van der Waals surface area contributed by atoms with E-state index in [9.17, 15) is 14.7 Å². The van der Waals surface area contributed by atoms with Gasteiger partial charge in [0.15, 0.2) is 0 Å². The Bertz CT molecular complexity index is 729. The number of fused-ring (bicyclic) bond motifs is 1. The molecule has 6 nitrogen and oxygen atoms in total. The number of hydrogen-bond donors (Lipinski definition) is 3. The van der Waals surface area contributed by atoms with Crippen LogP contribution in [0.25, 0.3) is 0 Å². The fourth-order valence-electron chi connectivity index (χ4n) is 3.73. The largest absolute Gasteiger partial charge is 0.387 e. The third-order valence-electron chi connectivity index (χ3n) is 5.40. The SMILES string of the molecule is CN1CCc2cc(C(O)CNC(=O)C(=O)NCCC3=CCCCC3)ccc21. The van der Waals surface area contributed by atoms with Gasteiger partial charge in [-0.2, -0.15) is 0 Å². The van der Waals surface area contributed by atoms with E-state index in [1.807, 2.05) is 25.2 Å². The number of aliphatic hydroxyl groups is 1. The number of nitrogens with zero attached hydrogens (tertiary/aromatic N) is 1. The number of likely N-dealkylation sites (N-methyl/N-ethyl adjacent to an activating group) is 1. The second-order valence-corrected chi connectivity index (χ2v) is 7.40. The average Bonchev–Trinajstić information content (AvgIpc) is 3.06. The van der Waals surface area contributed by atoms with Crippen molar-refractivity contribution in [2.45, 2.75) is 44.6 Å². The van der Waals surface area contributed by atoms with E-state index in [4.69, 9.17) is 0 Å². The van der Waals surface area contributed by atoms with Gasteiger partial charge < -0.3 is 20.6 Å². The zero-order valence-electron chi connectivity index (χ0n) is 16.0. The van der Waals surface area contributed by atoms with Crippen LogP contribution in [0.4, 0.5) is 5.69 Å². The maximum Gasteiger partial charge on any atom is 0.309 e. The van der Waals surface area contributed by atoms with Crippen LogP contribution in [0.1, 0.15) is 49.3 Å². The van der Waals surface area contributed by atoms with Crippen LogP contribution in [0.15, 0.2) is 29.8 Å². The number of carbonyl (C=O) groups is 2. The highest BCUT2D eigenvalue weighted by molar-refractivity contribution is 6.35. The smallest absolute Gasteiger partial charge is 0.309 e. The Morgan fingerprint density at radius 3 is 2.78 bits per heavy atom. The van der Waals surface area contributed by atoms with Crippen molar-refractivity contribution in [3.63, 3.8) is 0 Å². The van der Waals surface area contributed by atoms with Crippen molar-refractivity contribution in [1.29, 1.82) is 0 Å². The van der Waals surface area contributed by atoms with Gasteiger partial charge >= 0.3 is 11.8 Å². The lowest BCUT2D eigenvalue weighted by Crippen LogP contribution is -2.41. The van der Waals surface area contributed by atoms with Gasteiger partial charge in [0.1, 0.15) is 0 Å². The molecule has 1 atom stereocenters. The molecule has 146 valence electrons. The lowest BCUT2D eigenvalue weighted by atomic mass is 9.97. The number of amides is 2. The topological polar surface area (TPSA) is 81.7 Å². The Balaban J connectivity index is 1.41. The van der Waals surface area contributed by atoms with E-state index in [2.05, 4.69) is 21.6 Å². The van der Waals surface area contributed by atoms with Crippen molar-refractivity contribution in [3.05, 3.63) is 41.0 Å². The van der Waals surface area contributed by atoms with Crippen molar-refractivity contribution in [2.75, 3.05) is 31.6 Å². The number of aliphatic hydroxyl groups excluding tert-OH is 1. The Labute approximate surface area is 160 Å². The first-order valence-electron chi connectivity index (χ1n) is 9.80. The molecular formula is C21H29N3O3. The summed E-state index contributed by atoms with van der Waals surface area (Å²) in [5, 5.41) is 15.5. The molecular weight excluding hydrogens is 342 g/mol. The van der Waals surface area contributed by atoms with Crippen LogP contribution in [0.5, 0.6) is 0 Å². The van der Waals surface area contributed by atoms with Gasteiger partial charge in [0.2, 0.25) is 0 Å². The molecule has 0 bridgehead atoms. The molecule has 3 rings (SSSR count). The first-order chi connectivity index (χ1) is 13.0. The molecule has 1 aliphatic heterocycles. The van der Waals surface area contributed by atoms with Gasteiger partial charge in [0, 0.05) is 32.4 Å². The molecule has 1 aliphatic carbocycles. The van der Waals surface area contributed by atoms with Gasteiger partial charge in [-0.1, -0.05) is 23.8 Å². The number of nitrogens with one attached hydrogen (secondary N) is 2. The molecule has 2 aliphatic rings. The minimum absolute atomic E-state index is 0.0199. The molecule has 0 saturated heterocycles. The van der Waals surface area contributed by atoms with Crippen LogP contribution >= 0.6 is 0 Å². The Morgan fingerprint density at radius 2 is 2.00 bits per heavy atom. The molecule has 6 heteroatoms. The Hall–Kier alpha value is -2.34. The summed E-state index contributed by atoms with van der Waals surface area (Å²) in [6, 6.07) is 5.85. The van der Waals surface area contributed by atoms with Crippen molar-refractivity contribution in [1.82, 2.24) is 10.6 Å². The Kier molecular flexibility index (Phi) is 6.50. The van der Waals surface area contributed by atoms with E-state index in [1.54, 1.807) is 0 Å². The summed E-state index contributed by atoms with van der Waals surface area (Å²) in [4.78, 5) is 26.0. The predicted molar refractivity (Wildman–Crippen MR) is 106 cm³/mol. The summed E-state index contributed by atoms with van der Waals surface area (Å²) in [6.07, 6.45) is 7.80. The monoisotopic (exact) mass is 371 g/mol. The number of hydrogen-bond acceptors (Lipinski definition) is 4. The third kappa shape index (κ3) is 5.10. The second kappa shape index (κ2) is 9.04. The highest BCUT2D eigenvalue weighted by Crippen LogP contribution is 2.29. The van der Waals surface area contributed by atoms with Crippen molar-refractivity contribution >= 4 is 17.5 Å². The summed E-state index contributed by atoms with van der Waals surface area (Å²) in [5.74, 6) is -1.35. The zero-order valence-corrected chi connectivity index (χ0v) is 16.0. The summed E-state index contributed by atoms with van der Waals surface area (Å²) in [5.41, 5.74) is 4.51. The van der Waals surface area contributed by atoms with Crippen molar-refractivity contribution in [2.24, 2.45) is 0 Å². The molecule has 1 aromatic carbocycles. The second-order valence-electron chi connectivity index (χ2n) is 7.40. The van der Waals surface area contributed by atoms with Crippen LogP contribution in [-0.2, 0) is 16.0 Å². The van der Waals surface area contributed by atoms with Crippen molar-refractivity contribution in [3.8, 4) is 0 Å². The van der Waals surface area contributed by atoms with Gasteiger partial charge in [-0.15, -0.1) is 0 Å². The molecule has 0 saturated carbocycles. The molecule has 1 aromatic rings. The van der Waals surface area contributed by atoms with E-state index in [1.165, 1.54) is 29.7 Å². The summed E-state index contributed by atoms with van der Waals surface area (Å²) in [7, 11) is 2.05. The summed E-state index contributed by atoms with van der Waals surface area (Å²) >= 11 is 0. The van der Waals surface area contributed by atoms with Gasteiger partial charge in [-0.05, 0) is 55.7 Å². The quantitative estimate of drug-likeness (QED) is 0.526. The van der Waals surface area contributed by atoms with E-state index < -0.39 is 17.9 Å². The van der Waals surface area contributed by atoms with E-state index >= 15 is 0 Å².